The van der Waals surface area contributed by atoms with Crippen LogP contribution in [-0.2, 0) is 0 Å². The number of halogens is 2. The lowest BCUT2D eigenvalue weighted by atomic mass is 9.97. The molecule has 2 unspecified atom stereocenters. The quantitative estimate of drug-likeness (QED) is 0.347. The summed E-state index contributed by atoms with van der Waals surface area (Å²) in [6.07, 6.45) is 0. The molecule has 0 bridgehead atoms. The molecular weight excluding hydrogens is 407 g/mol. The molecule has 0 aliphatic rings. The highest BCUT2D eigenvalue weighted by atomic mass is 35.5. The summed E-state index contributed by atoms with van der Waals surface area (Å²) in [6.45, 7) is 0. The third-order valence-corrected chi connectivity index (χ3v) is 6.27. The fourth-order valence-electron chi connectivity index (χ4n) is 1.99. The highest BCUT2D eigenvalue weighted by molar-refractivity contribution is 8.14. The van der Waals surface area contributed by atoms with Gasteiger partial charge in [-0.15, -0.1) is 0 Å². The number of nitrogens with zero attached hydrogens (tertiary/aromatic N) is 2. The number of rotatable bonds is 5. The molecular formula is C18H12Cl2N4S2. The van der Waals surface area contributed by atoms with Crippen LogP contribution in [-0.4, -0.2) is 10.1 Å². The maximum absolute atomic E-state index is 9.49. The number of hydrogen-bond donors (Lipinski definition) is 2. The van der Waals surface area contributed by atoms with Crippen molar-refractivity contribution in [2.75, 3.05) is 0 Å². The van der Waals surface area contributed by atoms with Crippen molar-refractivity contribution >= 4 is 56.8 Å². The lowest BCUT2D eigenvalue weighted by molar-refractivity contribution is 0.787. The molecule has 2 N–H and O–H groups in total. The molecule has 4 nitrogen and oxygen atoms in total. The van der Waals surface area contributed by atoms with Crippen molar-refractivity contribution in [2.24, 2.45) is 11.8 Å². The van der Waals surface area contributed by atoms with Crippen LogP contribution in [0.3, 0.4) is 0 Å². The zero-order chi connectivity index (χ0) is 19.1. The monoisotopic (exact) mass is 418 g/mol. The van der Waals surface area contributed by atoms with E-state index >= 15 is 0 Å². The maximum atomic E-state index is 9.49. The van der Waals surface area contributed by atoms with Crippen LogP contribution in [0.4, 0.5) is 0 Å². The maximum Gasteiger partial charge on any atom is 0.116 e. The fourth-order valence-corrected chi connectivity index (χ4v) is 4.22. The summed E-state index contributed by atoms with van der Waals surface area (Å²) in [5, 5.41) is 36.3. The largest absolute Gasteiger partial charge is 0.297 e. The van der Waals surface area contributed by atoms with Crippen molar-refractivity contribution in [1.82, 2.24) is 0 Å². The van der Waals surface area contributed by atoms with Gasteiger partial charge in [-0.2, -0.15) is 10.5 Å². The van der Waals surface area contributed by atoms with E-state index in [1.54, 1.807) is 48.5 Å². The Hall–Kier alpha value is -1.96. The zero-order valence-corrected chi connectivity index (χ0v) is 16.4. The first-order valence-electron chi connectivity index (χ1n) is 7.28. The summed E-state index contributed by atoms with van der Waals surface area (Å²) in [4.78, 5) is 1.25. The van der Waals surface area contributed by atoms with E-state index in [2.05, 4.69) is 0 Å². The number of hydrogen-bond acceptors (Lipinski definition) is 6. The Bertz CT molecular complexity index is 842. The minimum atomic E-state index is -1.07. The van der Waals surface area contributed by atoms with Crippen molar-refractivity contribution in [2.45, 2.75) is 9.79 Å². The molecule has 0 saturated carbocycles. The molecule has 0 fully saturated rings. The average Bonchev–Trinajstić information content (AvgIpc) is 2.63. The van der Waals surface area contributed by atoms with Gasteiger partial charge in [0.05, 0.1) is 32.3 Å². The Balaban J connectivity index is 2.18. The molecule has 130 valence electrons. The second-order valence-corrected chi connectivity index (χ2v) is 7.99. The smallest absolute Gasteiger partial charge is 0.116 e. The summed E-state index contributed by atoms with van der Waals surface area (Å²) in [7, 11) is 0. The average molecular weight is 419 g/mol. The summed E-state index contributed by atoms with van der Waals surface area (Å²) in [6, 6.07) is 17.9. The molecule has 0 aromatic heterocycles. The molecule has 0 heterocycles. The summed E-state index contributed by atoms with van der Waals surface area (Å²) < 4.78 is 0. The predicted molar refractivity (Wildman–Crippen MR) is 108 cm³/mol. The van der Waals surface area contributed by atoms with Crippen molar-refractivity contribution in [3.8, 4) is 12.1 Å². The molecule has 0 saturated heterocycles. The topological polar surface area (TPSA) is 95.3 Å². The Morgan fingerprint density at radius 3 is 1.42 bits per heavy atom. The Morgan fingerprint density at radius 2 is 1.12 bits per heavy atom. The third kappa shape index (κ3) is 5.03. The first-order chi connectivity index (χ1) is 12.5. The molecule has 2 atom stereocenters. The Labute approximate surface area is 170 Å². The van der Waals surface area contributed by atoms with Crippen LogP contribution in [0, 0.1) is 45.3 Å². The van der Waals surface area contributed by atoms with Gasteiger partial charge in [-0.05, 0) is 24.3 Å². The molecule has 0 aliphatic heterocycles. The number of benzene rings is 2. The van der Waals surface area contributed by atoms with Gasteiger partial charge >= 0.3 is 0 Å². The zero-order valence-electron chi connectivity index (χ0n) is 13.2. The van der Waals surface area contributed by atoms with Gasteiger partial charge in [0.25, 0.3) is 0 Å². The highest BCUT2D eigenvalue weighted by Gasteiger charge is 2.31. The summed E-state index contributed by atoms with van der Waals surface area (Å²) in [5.41, 5.74) is 0. The van der Waals surface area contributed by atoms with Gasteiger partial charge in [0.1, 0.15) is 11.8 Å². The van der Waals surface area contributed by atoms with Crippen LogP contribution in [0.15, 0.2) is 58.3 Å². The van der Waals surface area contributed by atoms with E-state index in [1.807, 2.05) is 12.1 Å². The first-order valence-corrected chi connectivity index (χ1v) is 9.67. The van der Waals surface area contributed by atoms with E-state index in [0.29, 0.717) is 19.8 Å². The van der Waals surface area contributed by atoms with Crippen molar-refractivity contribution < 1.29 is 0 Å². The van der Waals surface area contributed by atoms with E-state index in [4.69, 9.17) is 34.0 Å². The van der Waals surface area contributed by atoms with E-state index in [0.717, 1.165) is 23.5 Å². The van der Waals surface area contributed by atoms with Crippen molar-refractivity contribution in [3.05, 3.63) is 58.6 Å². The summed E-state index contributed by atoms with van der Waals surface area (Å²) >= 11 is 14.2. The third-order valence-electron chi connectivity index (χ3n) is 3.29. The second kappa shape index (κ2) is 9.66. The number of nitrogens with one attached hydrogen (secondary N) is 2. The van der Waals surface area contributed by atoms with Crippen LogP contribution in [0.2, 0.25) is 10.0 Å². The Morgan fingerprint density at radius 1 is 0.769 bits per heavy atom. The first kappa shape index (κ1) is 20.4. The molecule has 2 aromatic rings. The lowest BCUT2D eigenvalue weighted by Crippen LogP contribution is -2.24. The predicted octanol–water partition coefficient (Wildman–Crippen LogP) is 6.11. The molecule has 2 aromatic carbocycles. The van der Waals surface area contributed by atoms with E-state index in [-0.39, 0.29) is 10.1 Å². The van der Waals surface area contributed by atoms with Gasteiger partial charge in [0.2, 0.25) is 0 Å². The van der Waals surface area contributed by atoms with Gasteiger partial charge in [0.15, 0.2) is 0 Å². The minimum Gasteiger partial charge on any atom is -0.297 e. The van der Waals surface area contributed by atoms with Crippen LogP contribution in [0.5, 0.6) is 0 Å². The van der Waals surface area contributed by atoms with Gasteiger partial charge in [0, 0.05) is 9.79 Å². The standard InChI is InChI=1S/C18H12Cl2N4S2/c19-13-5-1-3-7-15(13)25-17(23)11(9-21)12(10-22)18(24)26-16-8-4-2-6-14(16)20/h1-8,11-12,23-24H. The van der Waals surface area contributed by atoms with E-state index in [1.165, 1.54) is 0 Å². The van der Waals surface area contributed by atoms with Crippen molar-refractivity contribution in [3.63, 3.8) is 0 Å². The van der Waals surface area contributed by atoms with E-state index in [9.17, 15) is 10.5 Å². The molecule has 8 heteroatoms. The second-order valence-electron chi connectivity index (χ2n) is 5.01. The lowest BCUT2D eigenvalue weighted by Gasteiger charge is -2.17. The van der Waals surface area contributed by atoms with Gasteiger partial charge < -0.3 is 0 Å². The number of thioether (sulfide) groups is 2. The molecule has 0 aliphatic carbocycles. The van der Waals surface area contributed by atoms with E-state index < -0.39 is 11.8 Å². The van der Waals surface area contributed by atoms with Gasteiger partial charge in [-0.3, -0.25) is 10.8 Å². The van der Waals surface area contributed by atoms with Crippen molar-refractivity contribution in [1.29, 1.82) is 21.3 Å². The molecule has 0 spiro atoms. The SMILES string of the molecule is N#CC(C(=N)Sc1ccccc1Cl)C(C#N)C(=N)Sc1ccccc1Cl. The molecule has 2 rings (SSSR count). The summed E-state index contributed by atoms with van der Waals surface area (Å²) in [5.74, 6) is -2.13. The normalized spacial score (nSPS) is 12.5. The minimum absolute atomic E-state index is 0.0309. The van der Waals surface area contributed by atoms with Crippen LogP contribution in [0.1, 0.15) is 0 Å². The fraction of sp³-hybridized carbons (Fsp3) is 0.111. The van der Waals surface area contributed by atoms with Crippen LogP contribution in [0.25, 0.3) is 0 Å². The van der Waals surface area contributed by atoms with Crippen LogP contribution < -0.4 is 0 Å². The highest BCUT2D eigenvalue weighted by Crippen LogP contribution is 2.35. The van der Waals surface area contributed by atoms with Gasteiger partial charge in [-0.25, -0.2) is 0 Å². The number of nitriles is 2. The van der Waals surface area contributed by atoms with Crippen LogP contribution >= 0.6 is 46.7 Å². The molecule has 0 amide bonds. The molecule has 0 radical (unpaired) electrons. The van der Waals surface area contributed by atoms with Gasteiger partial charge in [-0.1, -0.05) is 71.0 Å². The molecule has 26 heavy (non-hydrogen) atoms. The Kier molecular flexibility index (Phi) is 7.56.